The van der Waals surface area contributed by atoms with Crippen molar-refractivity contribution in [2.75, 3.05) is 12.4 Å². The summed E-state index contributed by atoms with van der Waals surface area (Å²) in [6.45, 7) is 4.66. The Labute approximate surface area is 136 Å². The first kappa shape index (κ1) is 16.9. The minimum Gasteiger partial charge on any atom is -0.497 e. The summed E-state index contributed by atoms with van der Waals surface area (Å²) in [5.74, 6) is 2.27. The van der Waals surface area contributed by atoms with Crippen molar-refractivity contribution in [2.24, 2.45) is 10.7 Å². The summed E-state index contributed by atoms with van der Waals surface area (Å²) < 4.78 is 10.4. The first-order valence-electron chi connectivity index (χ1n) is 7.82. The molecule has 1 aromatic heterocycles. The highest BCUT2D eigenvalue weighted by Gasteiger charge is 2.12. The number of nitrogens with zero attached hydrogens (tertiary/aromatic N) is 2. The van der Waals surface area contributed by atoms with Gasteiger partial charge in [-0.25, -0.2) is 4.99 Å². The lowest BCUT2D eigenvalue weighted by molar-refractivity contribution is 0.372. The van der Waals surface area contributed by atoms with Crippen LogP contribution in [0.3, 0.4) is 0 Å². The number of ether oxygens (including phenoxy) is 1. The second-order valence-electron chi connectivity index (χ2n) is 5.29. The van der Waals surface area contributed by atoms with Crippen molar-refractivity contribution in [3.05, 3.63) is 41.8 Å². The Morgan fingerprint density at radius 2 is 2.00 bits per heavy atom. The molecule has 0 bridgehead atoms. The number of guanidine groups is 1. The van der Waals surface area contributed by atoms with E-state index in [2.05, 4.69) is 29.3 Å². The van der Waals surface area contributed by atoms with Crippen molar-refractivity contribution in [3.8, 4) is 5.75 Å². The third-order valence-electron chi connectivity index (χ3n) is 3.75. The van der Waals surface area contributed by atoms with Crippen molar-refractivity contribution < 1.29 is 9.26 Å². The third-order valence-corrected chi connectivity index (χ3v) is 3.75. The van der Waals surface area contributed by atoms with Crippen LogP contribution in [0.25, 0.3) is 0 Å². The molecule has 6 nitrogen and oxygen atoms in total. The number of nitrogens with two attached hydrogens (primary N) is 1. The van der Waals surface area contributed by atoms with E-state index in [4.69, 9.17) is 15.0 Å². The van der Waals surface area contributed by atoms with Gasteiger partial charge in [-0.15, -0.1) is 0 Å². The molecule has 6 heteroatoms. The van der Waals surface area contributed by atoms with Crippen LogP contribution in [-0.4, -0.2) is 18.2 Å². The van der Waals surface area contributed by atoms with Gasteiger partial charge in [0.15, 0.2) is 11.7 Å². The van der Waals surface area contributed by atoms with Crippen LogP contribution in [0.4, 0.5) is 5.69 Å². The highest BCUT2D eigenvalue weighted by atomic mass is 16.5. The summed E-state index contributed by atoms with van der Waals surface area (Å²) in [6.07, 6.45) is 2.10. The van der Waals surface area contributed by atoms with E-state index < -0.39 is 0 Å². The van der Waals surface area contributed by atoms with E-state index in [9.17, 15) is 0 Å². The van der Waals surface area contributed by atoms with Gasteiger partial charge in [-0.1, -0.05) is 19.0 Å². The summed E-state index contributed by atoms with van der Waals surface area (Å²) in [4.78, 5) is 4.27. The molecule has 2 rings (SSSR count). The zero-order valence-electron chi connectivity index (χ0n) is 13.9. The van der Waals surface area contributed by atoms with Crippen molar-refractivity contribution in [1.82, 2.24) is 5.16 Å². The molecule has 0 aliphatic carbocycles. The molecule has 0 radical (unpaired) electrons. The predicted octanol–water partition coefficient (Wildman–Crippen LogP) is 3.51. The second kappa shape index (κ2) is 8.22. The molecule has 0 aliphatic rings. The molecular formula is C17H24N4O2. The number of methoxy groups -OCH3 is 1. The van der Waals surface area contributed by atoms with Crippen LogP contribution in [0.5, 0.6) is 5.75 Å². The Hall–Kier alpha value is -2.50. The van der Waals surface area contributed by atoms with Gasteiger partial charge in [0.25, 0.3) is 0 Å². The Morgan fingerprint density at radius 1 is 1.30 bits per heavy atom. The third kappa shape index (κ3) is 4.74. The van der Waals surface area contributed by atoms with Crippen LogP contribution in [0.15, 0.2) is 39.8 Å². The van der Waals surface area contributed by atoms with Gasteiger partial charge < -0.3 is 20.3 Å². The molecule has 23 heavy (non-hydrogen) atoms. The van der Waals surface area contributed by atoms with Crippen LogP contribution in [0.1, 0.15) is 44.1 Å². The molecule has 0 aliphatic heterocycles. The minimum absolute atomic E-state index is 0.329. The SMILES string of the molecule is CCC(CC)c1cc(CN=C(N)Nc2ccc(OC)cc2)on1. The van der Waals surface area contributed by atoms with E-state index in [1.54, 1.807) is 7.11 Å². The van der Waals surface area contributed by atoms with E-state index in [0.717, 1.165) is 30.0 Å². The van der Waals surface area contributed by atoms with Crippen LogP contribution < -0.4 is 15.8 Å². The fourth-order valence-electron chi connectivity index (χ4n) is 2.33. The number of benzene rings is 1. The number of rotatable bonds is 7. The van der Waals surface area contributed by atoms with Gasteiger partial charge in [0, 0.05) is 17.7 Å². The van der Waals surface area contributed by atoms with Gasteiger partial charge in [0.1, 0.15) is 12.3 Å². The second-order valence-corrected chi connectivity index (χ2v) is 5.29. The molecule has 0 atom stereocenters. The topological polar surface area (TPSA) is 85.7 Å². The van der Waals surface area contributed by atoms with Crippen LogP contribution in [0, 0.1) is 0 Å². The zero-order chi connectivity index (χ0) is 16.7. The summed E-state index contributed by atoms with van der Waals surface area (Å²) in [7, 11) is 1.63. The maximum absolute atomic E-state index is 5.89. The summed E-state index contributed by atoms with van der Waals surface area (Å²) in [5, 5.41) is 7.15. The lowest BCUT2D eigenvalue weighted by Gasteiger charge is -2.06. The lowest BCUT2D eigenvalue weighted by atomic mass is 9.99. The van der Waals surface area contributed by atoms with E-state index in [0.29, 0.717) is 24.2 Å². The summed E-state index contributed by atoms with van der Waals surface area (Å²) in [6, 6.07) is 9.42. The number of hydrogen-bond donors (Lipinski definition) is 2. The molecule has 0 saturated carbocycles. The fourth-order valence-corrected chi connectivity index (χ4v) is 2.33. The molecule has 3 N–H and O–H groups in total. The molecule has 0 saturated heterocycles. The molecule has 0 amide bonds. The first-order chi connectivity index (χ1) is 11.2. The smallest absolute Gasteiger partial charge is 0.193 e. The van der Waals surface area contributed by atoms with Crippen molar-refractivity contribution in [3.63, 3.8) is 0 Å². The fraction of sp³-hybridized carbons (Fsp3) is 0.412. The van der Waals surface area contributed by atoms with Crippen molar-refractivity contribution in [1.29, 1.82) is 0 Å². The Morgan fingerprint density at radius 3 is 2.61 bits per heavy atom. The molecule has 0 spiro atoms. The molecule has 1 aromatic carbocycles. The van der Waals surface area contributed by atoms with Gasteiger partial charge in [-0.3, -0.25) is 0 Å². The highest BCUT2D eigenvalue weighted by Crippen LogP contribution is 2.22. The van der Waals surface area contributed by atoms with E-state index in [1.165, 1.54) is 0 Å². The van der Waals surface area contributed by atoms with Gasteiger partial charge in [0.2, 0.25) is 0 Å². The average molecular weight is 316 g/mol. The predicted molar refractivity (Wildman–Crippen MR) is 91.8 cm³/mol. The van der Waals surface area contributed by atoms with Crippen molar-refractivity contribution in [2.45, 2.75) is 39.2 Å². The van der Waals surface area contributed by atoms with E-state index in [1.807, 2.05) is 30.3 Å². The number of aliphatic imine (C=N–C) groups is 1. The van der Waals surface area contributed by atoms with Gasteiger partial charge in [-0.2, -0.15) is 0 Å². The van der Waals surface area contributed by atoms with Gasteiger partial charge in [-0.05, 0) is 37.1 Å². The van der Waals surface area contributed by atoms with E-state index >= 15 is 0 Å². The standard InChI is InChI=1S/C17H24N4O2/c1-4-12(5-2)16-10-15(23-21-16)11-19-17(18)20-13-6-8-14(22-3)9-7-13/h6-10,12H,4-5,11H2,1-3H3,(H3,18,19,20). The quantitative estimate of drug-likeness (QED) is 0.603. The Bertz CT molecular complexity index is 630. The van der Waals surface area contributed by atoms with Gasteiger partial charge >= 0.3 is 0 Å². The van der Waals surface area contributed by atoms with Crippen LogP contribution in [0.2, 0.25) is 0 Å². The Balaban J connectivity index is 1.93. The average Bonchev–Trinajstić information content (AvgIpc) is 3.04. The molecule has 0 fully saturated rings. The van der Waals surface area contributed by atoms with Crippen LogP contribution >= 0.6 is 0 Å². The molecule has 0 unspecified atom stereocenters. The lowest BCUT2D eigenvalue weighted by Crippen LogP contribution is -2.22. The number of hydrogen-bond acceptors (Lipinski definition) is 4. The Kier molecular flexibility index (Phi) is 6.02. The zero-order valence-corrected chi connectivity index (χ0v) is 13.9. The number of nitrogens with one attached hydrogen (secondary N) is 1. The molecular weight excluding hydrogens is 292 g/mol. The van der Waals surface area contributed by atoms with Gasteiger partial charge in [0.05, 0.1) is 12.8 Å². The first-order valence-corrected chi connectivity index (χ1v) is 7.82. The highest BCUT2D eigenvalue weighted by molar-refractivity contribution is 5.92. The molecule has 124 valence electrons. The van der Waals surface area contributed by atoms with Crippen LogP contribution in [-0.2, 0) is 6.54 Å². The summed E-state index contributed by atoms with van der Waals surface area (Å²) in [5.41, 5.74) is 7.73. The monoisotopic (exact) mass is 316 g/mol. The largest absolute Gasteiger partial charge is 0.497 e. The number of anilines is 1. The normalized spacial score (nSPS) is 11.7. The maximum atomic E-state index is 5.89. The van der Waals surface area contributed by atoms with E-state index in [-0.39, 0.29) is 0 Å². The minimum atomic E-state index is 0.329. The number of aromatic nitrogens is 1. The molecule has 2 aromatic rings. The van der Waals surface area contributed by atoms with Crippen molar-refractivity contribution >= 4 is 11.6 Å². The molecule has 1 heterocycles. The summed E-state index contributed by atoms with van der Waals surface area (Å²) >= 11 is 0. The maximum Gasteiger partial charge on any atom is 0.193 e.